The van der Waals surface area contributed by atoms with Gasteiger partial charge in [0, 0.05) is 18.2 Å². The van der Waals surface area contributed by atoms with Crippen LogP contribution in [-0.4, -0.2) is 35.7 Å². The predicted molar refractivity (Wildman–Crippen MR) is 88.1 cm³/mol. The van der Waals surface area contributed by atoms with Crippen LogP contribution in [0.25, 0.3) is 0 Å². The van der Waals surface area contributed by atoms with Gasteiger partial charge in [0.15, 0.2) is 11.5 Å². The van der Waals surface area contributed by atoms with Crippen LogP contribution >= 0.6 is 0 Å². The van der Waals surface area contributed by atoms with E-state index in [-0.39, 0.29) is 22.7 Å². The molecule has 0 bridgehead atoms. The second-order valence-electron chi connectivity index (χ2n) is 4.92. The van der Waals surface area contributed by atoms with Gasteiger partial charge in [0.05, 0.1) is 32.6 Å². The maximum absolute atomic E-state index is 13.8. The number of anilines is 1. The Bertz CT molecular complexity index is 946. The first kappa shape index (κ1) is 19.4. The number of ether oxygens (including phenoxy) is 3. The Morgan fingerprint density at radius 3 is 2.15 bits per heavy atom. The normalized spacial score (nSPS) is 11.0. The molecule has 7 nitrogen and oxygen atoms in total. The fraction of sp³-hybridized carbons (Fsp3) is 0.188. The Morgan fingerprint density at radius 1 is 1.00 bits per heavy atom. The fourth-order valence-corrected chi connectivity index (χ4v) is 3.27. The molecule has 1 N–H and O–H groups in total. The van der Waals surface area contributed by atoms with E-state index in [0.717, 1.165) is 19.2 Å². The number of esters is 1. The van der Waals surface area contributed by atoms with E-state index in [1.807, 2.05) is 0 Å². The second-order valence-corrected chi connectivity index (χ2v) is 6.58. The number of halogens is 2. The van der Waals surface area contributed by atoms with Gasteiger partial charge in [-0.1, -0.05) is 0 Å². The van der Waals surface area contributed by atoms with Crippen LogP contribution in [0.2, 0.25) is 0 Å². The fourth-order valence-electron chi connectivity index (χ4n) is 2.14. The molecule has 0 aliphatic carbocycles. The van der Waals surface area contributed by atoms with Crippen molar-refractivity contribution in [3.05, 3.63) is 47.5 Å². The zero-order valence-corrected chi connectivity index (χ0v) is 14.8. The van der Waals surface area contributed by atoms with E-state index in [9.17, 15) is 22.0 Å². The molecular formula is C16H15F2NO6S. The highest BCUT2D eigenvalue weighted by Crippen LogP contribution is 2.35. The van der Waals surface area contributed by atoms with Gasteiger partial charge in [-0.15, -0.1) is 0 Å². The summed E-state index contributed by atoms with van der Waals surface area (Å²) < 4.78 is 68.6. The van der Waals surface area contributed by atoms with Crippen molar-refractivity contribution in [2.24, 2.45) is 0 Å². The van der Waals surface area contributed by atoms with Gasteiger partial charge in [0.1, 0.15) is 16.5 Å². The molecule has 2 aromatic carbocycles. The highest BCUT2D eigenvalue weighted by Gasteiger charge is 2.24. The lowest BCUT2D eigenvalue weighted by atomic mass is 10.1. The SMILES string of the molecule is COC(=O)c1cc(OC)c(OC)cc1NS(=O)(=O)c1ccc(F)cc1F. The Labute approximate surface area is 148 Å². The zero-order valence-electron chi connectivity index (χ0n) is 14.0. The summed E-state index contributed by atoms with van der Waals surface area (Å²) in [5.74, 6) is -2.79. The number of benzene rings is 2. The molecule has 2 aromatic rings. The molecule has 0 amide bonds. The Kier molecular flexibility index (Phi) is 5.66. The number of hydrogen-bond donors (Lipinski definition) is 1. The van der Waals surface area contributed by atoms with E-state index in [4.69, 9.17) is 9.47 Å². The molecule has 0 fully saturated rings. The molecule has 10 heteroatoms. The topological polar surface area (TPSA) is 90.9 Å². The summed E-state index contributed by atoms with van der Waals surface area (Å²) in [6.45, 7) is 0. The molecule has 0 aliphatic rings. The minimum atomic E-state index is -4.47. The number of methoxy groups -OCH3 is 3. The average molecular weight is 387 g/mol. The second kappa shape index (κ2) is 7.56. The van der Waals surface area contributed by atoms with E-state index >= 15 is 0 Å². The van der Waals surface area contributed by atoms with E-state index in [1.54, 1.807) is 0 Å². The lowest BCUT2D eigenvalue weighted by molar-refractivity contribution is 0.0601. The number of nitrogens with one attached hydrogen (secondary N) is 1. The molecule has 0 spiro atoms. The largest absolute Gasteiger partial charge is 0.493 e. The van der Waals surface area contributed by atoms with Gasteiger partial charge in [-0.25, -0.2) is 22.0 Å². The molecule has 26 heavy (non-hydrogen) atoms. The monoisotopic (exact) mass is 387 g/mol. The maximum Gasteiger partial charge on any atom is 0.340 e. The molecule has 0 unspecified atom stereocenters. The minimum Gasteiger partial charge on any atom is -0.493 e. The van der Waals surface area contributed by atoms with Crippen molar-refractivity contribution in [2.75, 3.05) is 26.1 Å². The zero-order chi connectivity index (χ0) is 19.5. The standard InChI is InChI=1S/C16H15F2NO6S/c1-23-13-7-10(16(20)25-3)12(8-14(13)24-2)19-26(21,22)15-5-4-9(17)6-11(15)18/h4-8,19H,1-3H3. The highest BCUT2D eigenvalue weighted by atomic mass is 32.2. The van der Waals surface area contributed by atoms with Crippen LogP contribution in [0.3, 0.4) is 0 Å². The molecular weight excluding hydrogens is 372 g/mol. The Morgan fingerprint density at radius 2 is 1.62 bits per heavy atom. The molecule has 140 valence electrons. The number of rotatable bonds is 6. The third kappa shape index (κ3) is 3.85. The summed E-state index contributed by atoms with van der Waals surface area (Å²) in [7, 11) is -0.714. The first-order valence-electron chi connectivity index (χ1n) is 7.05. The summed E-state index contributed by atoms with van der Waals surface area (Å²) in [5, 5.41) is 0. The third-order valence-corrected chi connectivity index (χ3v) is 4.76. The first-order chi connectivity index (χ1) is 12.2. The van der Waals surface area contributed by atoms with Gasteiger partial charge >= 0.3 is 5.97 Å². The van der Waals surface area contributed by atoms with Crippen LogP contribution in [0.4, 0.5) is 14.5 Å². The molecule has 0 saturated carbocycles. The van der Waals surface area contributed by atoms with Gasteiger partial charge in [-0.3, -0.25) is 4.72 Å². The van der Waals surface area contributed by atoms with Gasteiger partial charge in [-0.2, -0.15) is 0 Å². The number of sulfonamides is 1. The molecule has 0 atom stereocenters. The first-order valence-corrected chi connectivity index (χ1v) is 8.54. The summed E-state index contributed by atoms with van der Waals surface area (Å²) in [6.07, 6.45) is 0. The van der Waals surface area contributed by atoms with Crippen LogP contribution in [-0.2, 0) is 14.8 Å². The minimum absolute atomic E-state index is 0.123. The van der Waals surface area contributed by atoms with E-state index < -0.39 is 32.5 Å². The van der Waals surface area contributed by atoms with Crippen LogP contribution in [0.5, 0.6) is 11.5 Å². The Hall–Kier alpha value is -2.88. The molecule has 0 radical (unpaired) electrons. The highest BCUT2D eigenvalue weighted by molar-refractivity contribution is 7.92. The van der Waals surface area contributed by atoms with Crippen LogP contribution < -0.4 is 14.2 Å². The molecule has 0 heterocycles. The molecule has 2 rings (SSSR count). The van der Waals surface area contributed by atoms with E-state index in [2.05, 4.69) is 9.46 Å². The molecule has 0 aromatic heterocycles. The summed E-state index contributed by atoms with van der Waals surface area (Å²) >= 11 is 0. The average Bonchev–Trinajstić information content (AvgIpc) is 2.59. The third-order valence-electron chi connectivity index (χ3n) is 3.36. The van der Waals surface area contributed by atoms with Crippen molar-refractivity contribution in [3.8, 4) is 11.5 Å². The van der Waals surface area contributed by atoms with Crippen LogP contribution in [0.1, 0.15) is 10.4 Å². The van der Waals surface area contributed by atoms with Gasteiger partial charge in [0.2, 0.25) is 0 Å². The van der Waals surface area contributed by atoms with Crippen LogP contribution in [0.15, 0.2) is 35.2 Å². The lowest BCUT2D eigenvalue weighted by Gasteiger charge is -2.15. The van der Waals surface area contributed by atoms with Crippen molar-refractivity contribution in [1.82, 2.24) is 0 Å². The smallest absolute Gasteiger partial charge is 0.340 e. The number of carbonyl (C=O) groups is 1. The lowest BCUT2D eigenvalue weighted by Crippen LogP contribution is -2.17. The van der Waals surface area contributed by atoms with Crippen molar-refractivity contribution >= 4 is 21.7 Å². The molecule has 0 aliphatic heterocycles. The van der Waals surface area contributed by atoms with Crippen molar-refractivity contribution < 1.29 is 36.2 Å². The van der Waals surface area contributed by atoms with E-state index in [1.165, 1.54) is 26.4 Å². The van der Waals surface area contributed by atoms with Gasteiger partial charge < -0.3 is 14.2 Å². The Balaban J connectivity index is 2.58. The van der Waals surface area contributed by atoms with Crippen LogP contribution in [0, 0.1) is 11.6 Å². The van der Waals surface area contributed by atoms with Gasteiger partial charge in [0.25, 0.3) is 10.0 Å². The van der Waals surface area contributed by atoms with Crippen molar-refractivity contribution in [1.29, 1.82) is 0 Å². The number of carbonyl (C=O) groups excluding carboxylic acids is 1. The molecule has 0 saturated heterocycles. The number of hydrogen-bond acceptors (Lipinski definition) is 6. The van der Waals surface area contributed by atoms with Crippen molar-refractivity contribution in [2.45, 2.75) is 4.90 Å². The van der Waals surface area contributed by atoms with Crippen molar-refractivity contribution in [3.63, 3.8) is 0 Å². The summed E-state index contributed by atoms with van der Waals surface area (Å²) in [4.78, 5) is 11.2. The summed E-state index contributed by atoms with van der Waals surface area (Å²) in [6, 6.07) is 4.40. The quantitative estimate of drug-likeness (QED) is 0.766. The maximum atomic E-state index is 13.8. The van der Waals surface area contributed by atoms with E-state index in [0.29, 0.717) is 6.07 Å². The summed E-state index contributed by atoms with van der Waals surface area (Å²) in [5.41, 5.74) is -0.408. The predicted octanol–water partition coefficient (Wildman–Crippen LogP) is 2.57. The van der Waals surface area contributed by atoms with Gasteiger partial charge in [-0.05, 0) is 12.1 Å².